The number of ether oxygens (including phenoxy) is 1. The Bertz CT molecular complexity index is 647. The van der Waals surface area contributed by atoms with Gasteiger partial charge in [0.15, 0.2) is 0 Å². The molecule has 0 unspecified atom stereocenters. The highest BCUT2D eigenvalue weighted by atomic mass is 16.5. The molecule has 0 atom stereocenters. The molecule has 0 aliphatic rings. The Morgan fingerprint density at radius 3 is 2.38 bits per heavy atom. The van der Waals surface area contributed by atoms with Crippen LogP contribution in [0.15, 0.2) is 29.8 Å². The van der Waals surface area contributed by atoms with Crippen molar-refractivity contribution in [2.75, 3.05) is 6.54 Å². The minimum atomic E-state index is -0.580. The molecule has 0 spiro atoms. The highest BCUT2D eigenvalue weighted by molar-refractivity contribution is 6.01. The van der Waals surface area contributed by atoms with E-state index in [-0.39, 0.29) is 17.4 Å². The molecule has 0 saturated carbocycles. The van der Waals surface area contributed by atoms with E-state index >= 15 is 0 Å². The lowest BCUT2D eigenvalue weighted by molar-refractivity contribution is -0.143. The number of nitrogens with one attached hydrogen (secondary N) is 1. The zero-order chi connectivity index (χ0) is 18.2. The molecule has 0 bridgehead atoms. The summed E-state index contributed by atoms with van der Waals surface area (Å²) < 4.78 is 5.27. The van der Waals surface area contributed by atoms with Crippen LogP contribution in [0.3, 0.4) is 0 Å². The quantitative estimate of drug-likeness (QED) is 0.285. The van der Waals surface area contributed by atoms with Crippen LogP contribution in [0.5, 0.6) is 5.75 Å². The molecular formula is C19H24N2O3. The average Bonchev–Trinajstić information content (AvgIpc) is 2.53. The van der Waals surface area contributed by atoms with Crippen molar-refractivity contribution in [1.82, 2.24) is 5.32 Å². The van der Waals surface area contributed by atoms with Gasteiger partial charge in [-0.05, 0) is 51.0 Å². The van der Waals surface area contributed by atoms with Crippen molar-refractivity contribution in [3.63, 3.8) is 0 Å². The van der Waals surface area contributed by atoms with Crippen LogP contribution in [0.4, 0.5) is 0 Å². The highest BCUT2D eigenvalue weighted by Crippen LogP contribution is 2.20. The lowest BCUT2D eigenvalue weighted by atomic mass is 9.97. The first-order chi connectivity index (χ1) is 11.3. The third kappa shape index (κ3) is 6.25. The first-order valence-electron chi connectivity index (χ1n) is 8.00. The molecular weight excluding hydrogens is 304 g/mol. The smallest absolute Gasteiger partial charge is 0.316 e. The Morgan fingerprint density at radius 2 is 1.88 bits per heavy atom. The maximum absolute atomic E-state index is 11.9. The number of esters is 1. The van der Waals surface area contributed by atoms with Gasteiger partial charge in [0.25, 0.3) is 5.91 Å². The van der Waals surface area contributed by atoms with Gasteiger partial charge >= 0.3 is 5.97 Å². The summed E-state index contributed by atoms with van der Waals surface area (Å²) in [7, 11) is 0. The van der Waals surface area contributed by atoms with Gasteiger partial charge in [-0.25, -0.2) is 0 Å². The van der Waals surface area contributed by atoms with Crippen LogP contribution in [0, 0.1) is 16.7 Å². The average molecular weight is 328 g/mol. The van der Waals surface area contributed by atoms with Crippen LogP contribution in [0.25, 0.3) is 6.08 Å². The standard InChI is InChI=1S/C19H24N2O3/c1-5-6-11-21-17(22)15(13-20)12-14-7-9-16(10-8-14)24-18(23)19(2,3)4/h7-10,12H,5-6,11H2,1-4H3,(H,21,22)/b15-12+. The number of unbranched alkanes of at least 4 members (excludes halogenated alkanes) is 1. The summed E-state index contributed by atoms with van der Waals surface area (Å²) in [5.74, 6) is -0.272. The van der Waals surface area contributed by atoms with Gasteiger partial charge in [0, 0.05) is 6.54 Å². The first-order valence-corrected chi connectivity index (χ1v) is 8.00. The van der Waals surface area contributed by atoms with Gasteiger partial charge in [0.1, 0.15) is 17.4 Å². The third-order valence-electron chi connectivity index (χ3n) is 3.19. The third-order valence-corrected chi connectivity index (χ3v) is 3.19. The monoisotopic (exact) mass is 328 g/mol. The van der Waals surface area contributed by atoms with Crippen molar-refractivity contribution in [2.24, 2.45) is 5.41 Å². The number of rotatable bonds is 6. The fourth-order valence-electron chi connectivity index (χ4n) is 1.68. The van der Waals surface area contributed by atoms with Gasteiger partial charge in [-0.1, -0.05) is 25.5 Å². The van der Waals surface area contributed by atoms with Crippen molar-refractivity contribution in [2.45, 2.75) is 40.5 Å². The van der Waals surface area contributed by atoms with E-state index in [1.54, 1.807) is 45.0 Å². The number of benzene rings is 1. The van der Waals surface area contributed by atoms with E-state index < -0.39 is 5.41 Å². The van der Waals surface area contributed by atoms with Crippen molar-refractivity contribution < 1.29 is 14.3 Å². The number of carbonyl (C=O) groups excluding carboxylic acids is 2. The summed E-state index contributed by atoms with van der Waals surface area (Å²) in [5.41, 5.74) is 0.154. The van der Waals surface area contributed by atoms with Crippen LogP contribution in [-0.4, -0.2) is 18.4 Å². The molecule has 0 aliphatic heterocycles. The predicted molar refractivity (Wildman–Crippen MR) is 93.0 cm³/mol. The Labute approximate surface area is 143 Å². The summed E-state index contributed by atoms with van der Waals surface area (Å²) in [4.78, 5) is 23.7. The molecule has 24 heavy (non-hydrogen) atoms. The molecule has 5 heteroatoms. The Balaban J connectivity index is 2.78. The minimum Gasteiger partial charge on any atom is -0.426 e. The molecule has 1 amide bonds. The molecule has 5 nitrogen and oxygen atoms in total. The molecule has 128 valence electrons. The van der Waals surface area contributed by atoms with Gasteiger partial charge < -0.3 is 10.1 Å². The molecule has 0 aliphatic carbocycles. The molecule has 1 rings (SSSR count). The van der Waals surface area contributed by atoms with Crippen LogP contribution in [0.1, 0.15) is 46.1 Å². The number of carbonyl (C=O) groups is 2. The van der Waals surface area contributed by atoms with Gasteiger partial charge in [-0.15, -0.1) is 0 Å². The van der Waals surface area contributed by atoms with Gasteiger partial charge in [-0.3, -0.25) is 9.59 Å². The number of nitriles is 1. The lowest BCUT2D eigenvalue weighted by Gasteiger charge is -2.16. The van der Waals surface area contributed by atoms with E-state index in [0.717, 1.165) is 12.8 Å². The summed E-state index contributed by atoms with van der Waals surface area (Å²) in [6, 6.07) is 8.58. The van der Waals surface area contributed by atoms with Crippen LogP contribution >= 0.6 is 0 Å². The number of hydrogen-bond donors (Lipinski definition) is 1. The largest absolute Gasteiger partial charge is 0.426 e. The summed E-state index contributed by atoms with van der Waals surface area (Å²) in [5, 5.41) is 11.8. The Kier molecular flexibility index (Phi) is 7.19. The fraction of sp³-hybridized carbons (Fsp3) is 0.421. The molecule has 0 radical (unpaired) electrons. The Morgan fingerprint density at radius 1 is 1.25 bits per heavy atom. The van der Waals surface area contributed by atoms with E-state index in [9.17, 15) is 9.59 Å². The van der Waals surface area contributed by atoms with Gasteiger partial charge in [-0.2, -0.15) is 5.26 Å². The van der Waals surface area contributed by atoms with Crippen LogP contribution < -0.4 is 10.1 Å². The van der Waals surface area contributed by atoms with E-state index in [4.69, 9.17) is 10.00 Å². The van der Waals surface area contributed by atoms with E-state index in [1.807, 2.05) is 13.0 Å². The molecule has 1 aromatic carbocycles. The molecule has 1 N–H and O–H groups in total. The molecule has 0 heterocycles. The van der Waals surface area contributed by atoms with E-state index in [2.05, 4.69) is 5.32 Å². The topological polar surface area (TPSA) is 79.2 Å². The minimum absolute atomic E-state index is 0.0468. The molecule has 1 aromatic rings. The van der Waals surface area contributed by atoms with E-state index in [0.29, 0.717) is 17.9 Å². The second kappa shape index (κ2) is 8.88. The maximum Gasteiger partial charge on any atom is 0.316 e. The number of amides is 1. The zero-order valence-electron chi connectivity index (χ0n) is 14.7. The number of nitrogens with zero attached hydrogens (tertiary/aromatic N) is 1. The lowest BCUT2D eigenvalue weighted by Crippen LogP contribution is -2.25. The summed E-state index contributed by atoms with van der Waals surface area (Å²) in [6.45, 7) is 7.92. The summed E-state index contributed by atoms with van der Waals surface area (Å²) >= 11 is 0. The molecule has 0 aromatic heterocycles. The first kappa shape index (κ1) is 19.4. The van der Waals surface area contributed by atoms with Crippen molar-refractivity contribution >= 4 is 18.0 Å². The SMILES string of the molecule is CCCCNC(=O)/C(C#N)=C/c1ccc(OC(=O)C(C)(C)C)cc1. The molecule has 0 saturated heterocycles. The zero-order valence-corrected chi connectivity index (χ0v) is 14.7. The second-order valence-corrected chi connectivity index (χ2v) is 6.49. The Hall–Kier alpha value is -2.61. The van der Waals surface area contributed by atoms with Crippen LogP contribution in [0.2, 0.25) is 0 Å². The van der Waals surface area contributed by atoms with Crippen molar-refractivity contribution in [3.8, 4) is 11.8 Å². The second-order valence-electron chi connectivity index (χ2n) is 6.49. The fourth-order valence-corrected chi connectivity index (χ4v) is 1.68. The summed E-state index contributed by atoms with van der Waals surface area (Å²) in [6.07, 6.45) is 3.36. The van der Waals surface area contributed by atoms with Gasteiger partial charge in [0.2, 0.25) is 0 Å². The van der Waals surface area contributed by atoms with Crippen LogP contribution in [-0.2, 0) is 9.59 Å². The van der Waals surface area contributed by atoms with E-state index in [1.165, 1.54) is 6.08 Å². The van der Waals surface area contributed by atoms with Gasteiger partial charge in [0.05, 0.1) is 5.41 Å². The van der Waals surface area contributed by atoms with Crippen molar-refractivity contribution in [3.05, 3.63) is 35.4 Å². The normalized spacial score (nSPS) is 11.5. The number of hydrogen-bond acceptors (Lipinski definition) is 4. The van der Waals surface area contributed by atoms with Crippen molar-refractivity contribution in [1.29, 1.82) is 5.26 Å². The maximum atomic E-state index is 11.9. The highest BCUT2D eigenvalue weighted by Gasteiger charge is 2.23. The molecule has 0 fully saturated rings. The predicted octanol–water partition coefficient (Wildman–Crippen LogP) is 3.46.